The molecule has 20 heavy (non-hydrogen) atoms. The van der Waals surface area contributed by atoms with Gasteiger partial charge in [-0.3, -0.25) is 9.59 Å². The van der Waals surface area contributed by atoms with Gasteiger partial charge < -0.3 is 14.6 Å². The molecule has 116 valence electrons. The molecule has 1 fully saturated rings. The van der Waals surface area contributed by atoms with Gasteiger partial charge in [-0.2, -0.15) is 4.31 Å². The molecule has 1 N–H and O–H groups in total. The van der Waals surface area contributed by atoms with E-state index in [9.17, 15) is 18.0 Å². The average molecular weight is 309 g/mol. The van der Waals surface area contributed by atoms with Crippen LogP contribution in [0.25, 0.3) is 0 Å². The number of methoxy groups -OCH3 is 1. The summed E-state index contributed by atoms with van der Waals surface area (Å²) in [6, 6.07) is -0.690. The molecule has 0 radical (unpaired) electrons. The van der Waals surface area contributed by atoms with E-state index in [1.807, 2.05) is 0 Å². The number of aliphatic carboxylic acids is 1. The van der Waals surface area contributed by atoms with Crippen molar-refractivity contribution in [1.29, 1.82) is 0 Å². The molecule has 1 unspecified atom stereocenters. The summed E-state index contributed by atoms with van der Waals surface area (Å²) in [4.78, 5) is 21.7. The van der Waals surface area contributed by atoms with Crippen molar-refractivity contribution in [2.75, 3.05) is 32.6 Å². The monoisotopic (exact) mass is 309 g/mol. The van der Waals surface area contributed by atoms with E-state index < -0.39 is 28.0 Å². The zero-order valence-electron chi connectivity index (χ0n) is 11.3. The molecule has 1 aliphatic heterocycles. The summed E-state index contributed by atoms with van der Waals surface area (Å²) in [6.07, 6.45) is -0.133. The largest absolute Gasteiger partial charge is 0.481 e. The summed E-state index contributed by atoms with van der Waals surface area (Å²) in [7, 11) is -2.36. The topological polar surface area (TPSA) is 110 Å². The van der Waals surface area contributed by atoms with Gasteiger partial charge in [0, 0.05) is 13.0 Å². The van der Waals surface area contributed by atoms with Gasteiger partial charge in [-0.1, -0.05) is 0 Å². The van der Waals surface area contributed by atoms with Gasteiger partial charge in [-0.25, -0.2) is 8.42 Å². The summed E-state index contributed by atoms with van der Waals surface area (Å²) in [6.45, 7) is 0.452. The second-order valence-corrected chi connectivity index (χ2v) is 6.47. The van der Waals surface area contributed by atoms with Crippen LogP contribution in [0.3, 0.4) is 0 Å². The third kappa shape index (κ3) is 5.06. The lowest BCUT2D eigenvalue weighted by atomic mass is 10.2. The molecule has 0 spiro atoms. The van der Waals surface area contributed by atoms with Crippen LogP contribution >= 0.6 is 0 Å². The molecule has 0 aromatic carbocycles. The van der Waals surface area contributed by atoms with Crippen LogP contribution in [0.1, 0.15) is 19.3 Å². The maximum atomic E-state index is 12.2. The molecular formula is C11H19NO7S. The number of morpholine rings is 1. The Balaban J connectivity index is 2.62. The molecule has 0 aromatic rings. The summed E-state index contributed by atoms with van der Waals surface area (Å²) >= 11 is 0. The van der Waals surface area contributed by atoms with Crippen LogP contribution in [0.2, 0.25) is 0 Å². The Labute approximate surface area is 117 Å². The number of carbonyl (C=O) groups is 2. The Bertz CT molecular complexity index is 448. The van der Waals surface area contributed by atoms with E-state index in [1.165, 1.54) is 11.4 Å². The van der Waals surface area contributed by atoms with Crippen LogP contribution in [0.5, 0.6) is 0 Å². The zero-order valence-corrected chi connectivity index (χ0v) is 12.1. The third-order valence-electron chi connectivity index (χ3n) is 2.95. The van der Waals surface area contributed by atoms with E-state index >= 15 is 0 Å². The maximum Gasteiger partial charge on any atom is 0.305 e. The number of carboxylic acid groups (broad SMARTS) is 1. The number of ether oxygens (including phenoxy) is 2. The van der Waals surface area contributed by atoms with Crippen molar-refractivity contribution in [3.8, 4) is 0 Å². The Morgan fingerprint density at radius 2 is 2.15 bits per heavy atom. The first-order chi connectivity index (χ1) is 9.36. The molecule has 0 bridgehead atoms. The number of carboxylic acids is 1. The summed E-state index contributed by atoms with van der Waals surface area (Å²) in [5.74, 6) is -1.75. The molecule has 1 saturated heterocycles. The smallest absolute Gasteiger partial charge is 0.305 e. The molecule has 0 aliphatic carbocycles. The fourth-order valence-corrected chi connectivity index (χ4v) is 3.67. The van der Waals surface area contributed by atoms with Crippen LogP contribution in [0.15, 0.2) is 0 Å². The van der Waals surface area contributed by atoms with E-state index in [0.717, 1.165) is 0 Å². The lowest BCUT2D eigenvalue weighted by molar-refractivity contribution is -0.141. The lowest BCUT2D eigenvalue weighted by Gasteiger charge is -2.33. The highest BCUT2D eigenvalue weighted by Gasteiger charge is 2.33. The van der Waals surface area contributed by atoms with Crippen molar-refractivity contribution in [1.82, 2.24) is 4.31 Å². The van der Waals surface area contributed by atoms with Gasteiger partial charge in [-0.15, -0.1) is 0 Å². The minimum Gasteiger partial charge on any atom is -0.481 e. The molecule has 9 heteroatoms. The third-order valence-corrected chi connectivity index (χ3v) is 4.95. The molecule has 0 saturated carbocycles. The van der Waals surface area contributed by atoms with Crippen LogP contribution in [0.4, 0.5) is 0 Å². The maximum absolute atomic E-state index is 12.2. The minimum absolute atomic E-state index is 0.0175. The number of hydrogen-bond donors (Lipinski definition) is 1. The number of hydrogen-bond acceptors (Lipinski definition) is 6. The van der Waals surface area contributed by atoms with Crippen molar-refractivity contribution in [3.05, 3.63) is 0 Å². The van der Waals surface area contributed by atoms with E-state index in [2.05, 4.69) is 4.74 Å². The van der Waals surface area contributed by atoms with E-state index in [0.29, 0.717) is 0 Å². The lowest BCUT2D eigenvalue weighted by Crippen LogP contribution is -2.50. The first-order valence-electron chi connectivity index (χ1n) is 6.22. The van der Waals surface area contributed by atoms with E-state index in [-0.39, 0.29) is 44.8 Å². The highest BCUT2D eigenvalue weighted by molar-refractivity contribution is 7.89. The average Bonchev–Trinajstić information content (AvgIpc) is 2.38. The number of carbonyl (C=O) groups excluding carboxylic acids is 1. The van der Waals surface area contributed by atoms with Crippen LogP contribution in [0, 0.1) is 0 Å². The molecular weight excluding hydrogens is 290 g/mol. The van der Waals surface area contributed by atoms with Crippen LogP contribution < -0.4 is 0 Å². The normalized spacial score (nSPS) is 20.6. The highest BCUT2D eigenvalue weighted by atomic mass is 32.2. The number of esters is 1. The fourth-order valence-electron chi connectivity index (χ4n) is 1.99. The Hall–Kier alpha value is -1.19. The minimum atomic E-state index is -3.60. The van der Waals surface area contributed by atoms with Gasteiger partial charge >= 0.3 is 11.9 Å². The predicted octanol–water partition coefficient (Wildman–Crippen LogP) is -0.555. The highest BCUT2D eigenvalue weighted by Crippen LogP contribution is 2.17. The van der Waals surface area contributed by atoms with E-state index in [1.54, 1.807) is 0 Å². The van der Waals surface area contributed by atoms with Gasteiger partial charge in [-0.05, 0) is 6.42 Å². The molecule has 8 nitrogen and oxygen atoms in total. The molecule has 1 aliphatic rings. The van der Waals surface area contributed by atoms with Crippen LogP contribution in [-0.2, 0) is 29.1 Å². The second kappa shape index (κ2) is 7.55. The zero-order chi connectivity index (χ0) is 15.2. The van der Waals surface area contributed by atoms with Crippen molar-refractivity contribution < 1.29 is 32.6 Å². The number of nitrogens with zero attached hydrogens (tertiary/aromatic N) is 1. The van der Waals surface area contributed by atoms with Crippen molar-refractivity contribution >= 4 is 22.0 Å². The second-order valence-electron chi connectivity index (χ2n) is 4.43. The molecule has 0 aromatic heterocycles. The van der Waals surface area contributed by atoms with E-state index in [4.69, 9.17) is 9.84 Å². The summed E-state index contributed by atoms with van der Waals surface area (Å²) in [5, 5.41) is 8.79. The number of rotatable bonds is 7. The van der Waals surface area contributed by atoms with Gasteiger partial charge in [0.05, 0.1) is 38.5 Å². The predicted molar refractivity (Wildman–Crippen MR) is 68.6 cm³/mol. The van der Waals surface area contributed by atoms with Crippen molar-refractivity contribution in [3.63, 3.8) is 0 Å². The quantitative estimate of drug-likeness (QED) is 0.628. The Morgan fingerprint density at radius 3 is 2.75 bits per heavy atom. The van der Waals surface area contributed by atoms with Crippen LogP contribution in [-0.4, -0.2) is 68.4 Å². The summed E-state index contributed by atoms with van der Waals surface area (Å²) < 4.78 is 35.1. The fraction of sp³-hybridized carbons (Fsp3) is 0.818. The molecule has 1 rings (SSSR count). The van der Waals surface area contributed by atoms with Gasteiger partial charge in [0.1, 0.15) is 0 Å². The van der Waals surface area contributed by atoms with Gasteiger partial charge in [0.15, 0.2) is 0 Å². The summed E-state index contributed by atoms with van der Waals surface area (Å²) in [5.41, 5.74) is 0. The first-order valence-corrected chi connectivity index (χ1v) is 7.83. The Morgan fingerprint density at radius 1 is 1.45 bits per heavy atom. The van der Waals surface area contributed by atoms with Crippen molar-refractivity contribution in [2.45, 2.75) is 25.3 Å². The van der Waals surface area contributed by atoms with Gasteiger partial charge in [0.25, 0.3) is 0 Å². The standard InChI is InChI=1S/C11H19NO7S/c1-18-11(15)3-2-6-20(16,17)12-4-5-19-8-9(12)7-10(13)14/h9H,2-8H2,1H3,(H,13,14). The van der Waals surface area contributed by atoms with Gasteiger partial charge in [0.2, 0.25) is 10.0 Å². The molecule has 0 amide bonds. The Kier molecular flexibility index (Phi) is 6.37. The molecule has 1 atom stereocenters. The molecule has 1 heterocycles. The number of sulfonamides is 1. The SMILES string of the molecule is COC(=O)CCCS(=O)(=O)N1CCOCC1CC(=O)O. The first kappa shape index (κ1) is 16.9. The van der Waals surface area contributed by atoms with Crippen molar-refractivity contribution in [2.24, 2.45) is 0 Å².